The molecule has 156 valence electrons. The summed E-state index contributed by atoms with van der Waals surface area (Å²) in [7, 11) is 0. The Balaban J connectivity index is 1.24. The van der Waals surface area contributed by atoms with Crippen molar-refractivity contribution in [2.45, 2.75) is 0 Å². The summed E-state index contributed by atoms with van der Waals surface area (Å²) in [6.07, 6.45) is 1.70. The van der Waals surface area contributed by atoms with Crippen molar-refractivity contribution in [2.75, 3.05) is 63.8 Å². The standard InChI is InChI=1S/C21H24N6O2S/c22-15-17-3-1-5-23-20(17)26-8-6-24(7-9-26)16-19(28)25-10-12-27(13-11-25)21(29)18-4-2-14-30-18/h1-5,14H,6-13,16H2. The first-order chi connectivity index (χ1) is 14.7. The molecule has 30 heavy (non-hydrogen) atoms. The fraction of sp³-hybridized carbons (Fsp3) is 0.429. The maximum Gasteiger partial charge on any atom is 0.264 e. The molecule has 0 aliphatic carbocycles. The number of hydrogen-bond acceptors (Lipinski definition) is 7. The van der Waals surface area contributed by atoms with E-state index in [1.165, 1.54) is 11.3 Å². The summed E-state index contributed by atoms with van der Waals surface area (Å²) < 4.78 is 0. The molecular weight excluding hydrogens is 400 g/mol. The Morgan fingerprint density at radius 1 is 1.00 bits per heavy atom. The maximum absolute atomic E-state index is 12.7. The average Bonchev–Trinajstić information content (AvgIpc) is 3.34. The van der Waals surface area contributed by atoms with Gasteiger partial charge < -0.3 is 14.7 Å². The van der Waals surface area contributed by atoms with Crippen molar-refractivity contribution in [3.63, 3.8) is 0 Å². The number of pyridine rings is 1. The summed E-state index contributed by atoms with van der Waals surface area (Å²) in [6.45, 7) is 5.68. The second-order valence-corrected chi connectivity index (χ2v) is 8.35. The normalized spacial score (nSPS) is 17.6. The van der Waals surface area contributed by atoms with Gasteiger partial charge >= 0.3 is 0 Å². The van der Waals surface area contributed by atoms with Crippen molar-refractivity contribution in [1.82, 2.24) is 19.7 Å². The van der Waals surface area contributed by atoms with E-state index in [1.54, 1.807) is 18.3 Å². The molecule has 2 amide bonds. The minimum absolute atomic E-state index is 0.0551. The van der Waals surface area contributed by atoms with Crippen molar-refractivity contribution in [3.8, 4) is 6.07 Å². The summed E-state index contributed by atoms with van der Waals surface area (Å²) in [5.41, 5.74) is 0.581. The third kappa shape index (κ3) is 4.45. The molecule has 0 atom stereocenters. The molecule has 8 nitrogen and oxygen atoms in total. The molecule has 0 bridgehead atoms. The van der Waals surface area contributed by atoms with Gasteiger partial charge in [-0.3, -0.25) is 14.5 Å². The van der Waals surface area contributed by atoms with E-state index in [-0.39, 0.29) is 11.8 Å². The molecular formula is C21H24N6O2S. The number of carbonyl (C=O) groups excluding carboxylic acids is 2. The largest absolute Gasteiger partial charge is 0.353 e. The number of amides is 2. The summed E-state index contributed by atoms with van der Waals surface area (Å²) in [5.74, 6) is 0.888. The van der Waals surface area contributed by atoms with Crippen molar-refractivity contribution < 1.29 is 9.59 Å². The predicted octanol–water partition coefficient (Wildman–Crippen LogP) is 1.12. The molecule has 2 aliphatic heterocycles. The van der Waals surface area contributed by atoms with Crippen molar-refractivity contribution in [2.24, 2.45) is 0 Å². The molecule has 0 spiro atoms. The van der Waals surface area contributed by atoms with E-state index < -0.39 is 0 Å². The molecule has 2 aliphatic rings. The molecule has 0 N–H and O–H groups in total. The Hall–Kier alpha value is -2.96. The molecule has 4 heterocycles. The second kappa shape index (κ2) is 9.24. The average molecular weight is 425 g/mol. The van der Waals surface area contributed by atoms with Gasteiger partial charge in [-0.15, -0.1) is 11.3 Å². The van der Waals surface area contributed by atoms with E-state index in [1.807, 2.05) is 27.3 Å². The van der Waals surface area contributed by atoms with Gasteiger partial charge in [-0.25, -0.2) is 4.98 Å². The zero-order chi connectivity index (χ0) is 20.9. The molecule has 2 aromatic rings. The maximum atomic E-state index is 12.7. The zero-order valence-electron chi connectivity index (χ0n) is 16.7. The topological polar surface area (TPSA) is 83.8 Å². The van der Waals surface area contributed by atoms with Crippen LogP contribution in [0.2, 0.25) is 0 Å². The number of thiophene rings is 1. The van der Waals surface area contributed by atoms with Crippen LogP contribution in [-0.4, -0.2) is 90.4 Å². The van der Waals surface area contributed by atoms with Crippen molar-refractivity contribution >= 4 is 29.0 Å². The van der Waals surface area contributed by atoms with Gasteiger partial charge in [-0.1, -0.05) is 6.07 Å². The second-order valence-electron chi connectivity index (χ2n) is 7.40. The monoisotopic (exact) mass is 424 g/mol. The molecule has 0 aromatic carbocycles. The number of piperazine rings is 2. The van der Waals surface area contributed by atoms with Gasteiger partial charge in [0.25, 0.3) is 5.91 Å². The highest BCUT2D eigenvalue weighted by Gasteiger charge is 2.27. The zero-order valence-corrected chi connectivity index (χ0v) is 17.6. The van der Waals surface area contributed by atoms with Crippen LogP contribution in [0.5, 0.6) is 0 Å². The number of nitriles is 1. The Bertz CT molecular complexity index is 925. The smallest absolute Gasteiger partial charge is 0.264 e. The number of aromatic nitrogens is 1. The molecule has 2 fully saturated rings. The molecule has 0 saturated carbocycles. The minimum Gasteiger partial charge on any atom is -0.353 e. The summed E-state index contributed by atoms with van der Waals surface area (Å²) in [4.78, 5) is 38.2. The Morgan fingerprint density at radius 2 is 1.73 bits per heavy atom. The summed E-state index contributed by atoms with van der Waals surface area (Å²) in [6, 6.07) is 9.46. The number of carbonyl (C=O) groups is 2. The molecule has 4 rings (SSSR count). The lowest BCUT2D eigenvalue weighted by atomic mass is 10.2. The third-order valence-corrected chi connectivity index (χ3v) is 6.45. The third-order valence-electron chi connectivity index (χ3n) is 5.59. The van der Waals surface area contributed by atoms with E-state index >= 15 is 0 Å². The fourth-order valence-corrected chi connectivity index (χ4v) is 4.55. The van der Waals surface area contributed by atoms with Gasteiger partial charge in [0.15, 0.2) is 0 Å². The highest BCUT2D eigenvalue weighted by molar-refractivity contribution is 7.12. The fourth-order valence-electron chi connectivity index (χ4n) is 3.86. The first kappa shape index (κ1) is 20.3. The Labute approximate surface area is 179 Å². The number of rotatable bonds is 4. The number of anilines is 1. The van der Waals surface area contributed by atoms with Crippen LogP contribution in [0.15, 0.2) is 35.8 Å². The summed E-state index contributed by atoms with van der Waals surface area (Å²) in [5, 5.41) is 11.2. The minimum atomic E-state index is 0.0551. The lowest BCUT2D eigenvalue weighted by Gasteiger charge is -2.38. The predicted molar refractivity (Wildman–Crippen MR) is 114 cm³/mol. The SMILES string of the molecule is N#Cc1cccnc1N1CCN(CC(=O)N2CCN(C(=O)c3cccs3)CC2)CC1. The van der Waals surface area contributed by atoms with Crippen LogP contribution in [0.3, 0.4) is 0 Å². The van der Waals surface area contributed by atoms with Gasteiger partial charge in [0, 0.05) is 58.6 Å². The van der Waals surface area contributed by atoms with Gasteiger partial charge in [-0.2, -0.15) is 5.26 Å². The van der Waals surface area contributed by atoms with Crippen LogP contribution < -0.4 is 4.90 Å². The number of nitrogens with zero attached hydrogens (tertiary/aromatic N) is 6. The van der Waals surface area contributed by atoms with E-state index in [2.05, 4.69) is 20.9 Å². The van der Waals surface area contributed by atoms with Crippen molar-refractivity contribution in [1.29, 1.82) is 5.26 Å². The highest BCUT2D eigenvalue weighted by Crippen LogP contribution is 2.18. The van der Waals surface area contributed by atoms with E-state index in [0.717, 1.165) is 36.9 Å². The van der Waals surface area contributed by atoms with Crippen molar-refractivity contribution in [3.05, 3.63) is 46.3 Å². The Kier molecular flexibility index (Phi) is 6.26. The van der Waals surface area contributed by atoms with Gasteiger partial charge in [0.2, 0.25) is 5.91 Å². The van der Waals surface area contributed by atoms with E-state index in [0.29, 0.717) is 38.3 Å². The quantitative estimate of drug-likeness (QED) is 0.732. The van der Waals surface area contributed by atoms with Crippen LogP contribution in [0.4, 0.5) is 5.82 Å². The van der Waals surface area contributed by atoms with Gasteiger partial charge in [-0.05, 0) is 23.6 Å². The van der Waals surface area contributed by atoms with Crippen LogP contribution in [0, 0.1) is 11.3 Å². The highest BCUT2D eigenvalue weighted by atomic mass is 32.1. The first-order valence-electron chi connectivity index (χ1n) is 10.1. The van der Waals surface area contributed by atoms with Gasteiger partial charge in [0.05, 0.1) is 17.0 Å². The number of hydrogen-bond donors (Lipinski definition) is 0. The van der Waals surface area contributed by atoms with E-state index in [9.17, 15) is 14.9 Å². The van der Waals surface area contributed by atoms with Crippen LogP contribution in [0.1, 0.15) is 15.2 Å². The lowest BCUT2D eigenvalue weighted by molar-refractivity contribution is -0.134. The Morgan fingerprint density at radius 3 is 2.40 bits per heavy atom. The van der Waals surface area contributed by atoms with E-state index in [4.69, 9.17) is 0 Å². The molecule has 2 aromatic heterocycles. The molecule has 9 heteroatoms. The lowest BCUT2D eigenvalue weighted by Crippen LogP contribution is -2.54. The van der Waals surface area contributed by atoms with Crippen LogP contribution in [0.25, 0.3) is 0 Å². The first-order valence-corrected chi connectivity index (χ1v) is 11.0. The van der Waals surface area contributed by atoms with Gasteiger partial charge in [0.1, 0.15) is 11.9 Å². The summed E-state index contributed by atoms with van der Waals surface area (Å²) >= 11 is 1.45. The van der Waals surface area contributed by atoms with Crippen LogP contribution in [-0.2, 0) is 4.79 Å². The molecule has 0 radical (unpaired) electrons. The molecule has 0 unspecified atom stereocenters. The van der Waals surface area contributed by atoms with Crippen LogP contribution >= 0.6 is 11.3 Å². The molecule has 2 saturated heterocycles.